The molecule has 0 radical (unpaired) electrons. The molecule has 0 bridgehead atoms. The van der Waals surface area contributed by atoms with Gasteiger partial charge in [0.05, 0.1) is 0 Å². The molecule has 4 aromatic rings. The van der Waals surface area contributed by atoms with Crippen molar-refractivity contribution < 1.29 is 9.18 Å². The van der Waals surface area contributed by atoms with Gasteiger partial charge in [-0.3, -0.25) is 4.79 Å². The van der Waals surface area contributed by atoms with E-state index in [-0.39, 0.29) is 5.82 Å². The summed E-state index contributed by atoms with van der Waals surface area (Å²) >= 11 is 1.48. The molecule has 0 atom stereocenters. The zero-order valence-electron chi connectivity index (χ0n) is 14.1. The van der Waals surface area contributed by atoms with E-state index in [1.807, 2.05) is 0 Å². The molecule has 0 fully saturated rings. The Bertz CT molecular complexity index is 1070. The standard InChI is InChI=1S/C20H16FN3OS/c1-13-2-4-14(5-3-13)6-11-18-23-24-17(12-25)19(22-20(24)26-18)15-7-9-16(21)10-8-15/h2-5,7-10,12H,6,11H2,1H3. The van der Waals surface area contributed by atoms with Gasteiger partial charge < -0.3 is 0 Å². The molecule has 0 N–H and O–H groups in total. The molecule has 130 valence electrons. The molecule has 2 aromatic carbocycles. The van der Waals surface area contributed by atoms with Gasteiger partial charge >= 0.3 is 0 Å². The van der Waals surface area contributed by atoms with Gasteiger partial charge in [0.1, 0.15) is 22.2 Å². The van der Waals surface area contributed by atoms with Crippen LogP contribution in [-0.4, -0.2) is 20.9 Å². The predicted octanol–water partition coefficient (Wildman–Crippen LogP) is 4.50. The van der Waals surface area contributed by atoms with Crippen molar-refractivity contribution in [1.82, 2.24) is 14.6 Å². The molecule has 2 aromatic heterocycles. The summed E-state index contributed by atoms with van der Waals surface area (Å²) in [6.45, 7) is 2.07. The molecule has 6 heteroatoms. The Morgan fingerprint density at radius 2 is 1.81 bits per heavy atom. The van der Waals surface area contributed by atoms with Gasteiger partial charge in [0.15, 0.2) is 6.29 Å². The minimum atomic E-state index is -0.320. The quantitative estimate of drug-likeness (QED) is 0.489. The summed E-state index contributed by atoms with van der Waals surface area (Å²) in [5.41, 5.74) is 4.12. The third-order valence-corrected chi connectivity index (χ3v) is 5.23. The first-order valence-corrected chi connectivity index (χ1v) is 9.11. The molecular weight excluding hydrogens is 349 g/mol. The topological polar surface area (TPSA) is 47.3 Å². The SMILES string of the molecule is Cc1ccc(CCc2nn3c(C=O)c(-c4ccc(F)cc4)nc3s2)cc1. The first kappa shape index (κ1) is 16.6. The van der Waals surface area contributed by atoms with E-state index in [4.69, 9.17) is 0 Å². The molecule has 26 heavy (non-hydrogen) atoms. The van der Waals surface area contributed by atoms with Gasteiger partial charge in [0, 0.05) is 12.0 Å². The number of aldehydes is 1. The first-order valence-electron chi connectivity index (χ1n) is 8.29. The van der Waals surface area contributed by atoms with Crippen molar-refractivity contribution >= 4 is 22.6 Å². The van der Waals surface area contributed by atoms with Crippen LogP contribution >= 0.6 is 11.3 Å². The molecule has 4 nitrogen and oxygen atoms in total. The fourth-order valence-corrected chi connectivity index (χ4v) is 3.74. The molecular formula is C20H16FN3OS. The molecule has 0 aliphatic carbocycles. The average molecular weight is 365 g/mol. The molecule has 0 spiro atoms. The number of nitrogens with zero attached hydrogens (tertiary/aromatic N) is 3. The van der Waals surface area contributed by atoms with Gasteiger partial charge in [-0.05, 0) is 43.2 Å². The van der Waals surface area contributed by atoms with Gasteiger partial charge in [0.25, 0.3) is 0 Å². The third kappa shape index (κ3) is 3.15. The van der Waals surface area contributed by atoms with Gasteiger partial charge in [-0.2, -0.15) is 9.61 Å². The second-order valence-corrected chi connectivity index (χ2v) is 7.19. The molecule has 0 amide bonds. The highest BCUT2D eigenvalue weighted by molar-refractivity contribution is 7.16. The summed E-state index contributed by atoms with van der Waals surface area (Å²) < 4.78 is 14.7. The van der Waals surface area contributed by atoms with E-state index >= 15 is 0 Å². The van der Waals surface area contributed by atoms with Crippen LogP contribution in [0, 0.1) is 12.7 Å². The number of halogens is 1. The first-order chi connectivity index (χ1) is 12.6. The van der Waals surface area contributed by atoms with Crippen LogP contribution in [0.5, 0.6) is 0 Å². The molecule has 4 rings (SSSR count). The van der Waals surface area contributed by atoms with Crippen molar-refractivity contribution in [2.24, 2.45) is 0 Å². The maximum Gasteiger partial charge on any atom is 0.213 e. The summed E-state index contributed by atoms with van der Waals surface area (Å²) in [7, 11) is 0. The number of hydrogen-bond acceptors (Lipinski definition) is 4. The van der Waals surface area contributed by atoms with Crippen LogP contribution in [0.4, 0.5) is 4.39 Å². The van der Waals surface area contributed by atoms with Crippen LogP contribution in [0.3, 0.4) is 0 Å². The molecule has 0 aliphatic heterocycles. The van der Waals surface area contributed by atoms with Crippen molar-refractivity contribution in [1.29, 1.82) is 0 Å². The number of carbonyl (C=O) groups excluding carboxylic acids is 1. The van der Waals surface area contributed by atoms with Gasteiger partial charge in [-0.1, -0.05) is 41.2 Å². The van der Waals surface area contributed by atoms with Crippen LogP contribution in [-0.2, 0) is 12.8 Å². The largest absolute Gasteiger partial charge is 0.296 e. The summed E-state index contributed by atoms with van der Waals surface area (Å²) in [5.74, 6) is -0.320. The lowest BCUT2D eigenvalue weighted by Crippen LogP contribution is -1.97. The number of rotatable bonds is 5. The van der Waals surface area contributed by atoms with E-state index in [1.165, 1.54) is 34.6 Å². The summed E-state index contributed by atoms with van der Waals surface area (Å²) in [6, 6.07) is 14.4. The minimum Gasteiger partial charge on any atom is -0.296 e. The zero-order valence-corrected chi connectivity index (χ0v) is 15.0. The Hall–Kier alpha value is -2.86. The normalized spacial score (nSPS) is 11.2. The Balaban J connectivity index is 1.61. The number of aryl methyl sites for hydroxylation is 3. The Morgan fingerprint density at radius 3 is 2.50 bits per heavy atom. The molecule has 0 saturated heterocycles. The molecule has 0 saturated carbocycles. The fraction of sp³-hybridized carbons (Fsp3) is 0.150. The van der Waals surface area contributed by atoms with Crippen molar-refractivity contribution in [3.05, 3.63) is 76.2 Å². The van der Waals surface area contributed by atoms with E-state index < -0.39 is 0 Å². The monoisotopic (exact) mass is 365 g/mol. The zero-order chi connectivity index (χ0) is 18.1. The van der Waals surface area contributed by atoms with Crippen LogP contribution < -0.4 is 0 Å². The minimum absolute atomic E-state index is 0.320. The summed E-state index contributed by atoms with van der Waals surface area (Å²) in [4.78, 5) is 16.8. The van der Waals surface area contributed by atoms with Crippen molar-refractivity contribution in [2.45, 2.75) is 19.8 Å². The number of carbonyl (C=O) groups is 1. The number of hydrogen-bond donors (Lipinski definition) is 0. The number of imidazole rings is 1. The van der Waals surface area contributed by atoms with E-state index in [2.05, 4.69) is 41.3 Å². The fourth-order valence-electron chi connectivity index (χ4n) is 2.84. The third-order valence-electron chi connectivity index (χ3n) is 4.26. The van der Waals surface area contributed by atoms with Crippen molar-refractivity contribution in [2.75, 3.05) is 0 Å². The second-order valence-electron chi connectivity index (χ2n) is 6.15. The summed E-state index contributed by atoms with van der Waals surface area (Å²) in [5, 5.41) is 5.48. The Labute approximate surface area is 153 Å². The predicted molar refractivity (Wildman–Crippen MR) is 100 cm³/mol. The van der Waals surface area contributed by atoms with Crippen LogP contribution in [0.15, 0.2) is 48.5 Å². The van der Waals surface area contributed by atoms with E-state index in [0.29, 0.717) is 21.9 Å². The average Bonchev–Trinajstić information content (AvgIpc) is 3.19. The molecule has 0 aliphatic rings. The van der Waals surface area contributed by atoms with E-state index in [1.54, 1.807) is 16.6 Å². The Morgan fingerprint density at radius 1 is 1.08 bits per heavy atom. The lowest BCUT2D eigenvalue weighted by Gasteiger charge is -2.00. The lowest BCUT2D eigenvalue weighted by molar-refractivity contribution is 0.111. The second kappa shape index (κ2) is 6.80. The van der Waals surface area contributed by atoms with E-state index in [9.17, 15) is 9.18 Å². The maximum absolute atomic E-state index is 13.1. The van der Waals surface area contributed by atoms with Crippen LogP contribution in [0.1, 0.15) is 26.6 Å². The smallest absolute Gasteiger partial charge is 0.213 e. The highest BCUT2D eigenvalue weighted by Gasteiger charge is 2.17. The molecule has 0 unspecified atom stereocenters. The van der Waals surface area contributed by atoms with Gasteiger partial charge in [0.2, 0.25) is 4.96 Å². The van der Waals surface area contributed by atoms with Crippen molar-refractivity contribution in [3.8, 4) is 11.3 Å². The number of fused-ring (bicyclic) bond motifs is 1. The number of benzene rings is 2. The number of aromatic nitrogens is 3. The highest BCUT2D eigenvalue weighted by Crippen LogP contribution is 2.26. The van der Waals surface area contributed by atoms with Crippen LogP contribution in [0.2, 0.25) is 0 Å². The van der Waals surface area contributed by atoms with Crippen LogP contribution in [0.25, 0.3) is 16.2 Å². The van der Waals surface area contributed by atoms with E-state index in [0.717, 1.165) is 24.1 Å². The Kier molecular flexibility index (Phi) is 4.34. The summed E-state index contributed by atoms with van der Waals surface area (Å²) in [6.07, 6.45) is 2.43. The highest BCUT2D eigenvalue weighted by atomic mass is 32.1. The molecule has 2 heterocycles. The van der Waals surface area contributed by atoms with Crippen molar-refractivity contribution in [3.63, 3.8) is 0 Å². The maximum atomic E-state index is 13.1. The lowest BCUT2D eigenvalue weighted by atomic mass is 10.1. The van der Waals surface area contributed by atoms with Gasteiger partial charge in [-0.25, -0.2) is 9.37 Å². The van der Waals surface area contributed by atoms with Gasteiger partial charge in [-0.15, -0.1) is 0 Å².